The number of furan rings is 1. The smallest absolute Gasteiger partial charge is 0.314 e. The third kappa shape index (κ3) is 5.91. The lowest BCUT2D eigenvalue weighted by Gasteiger charge is -2.33. The molecule has 0 saturated carbocycles. The van der Waals surface area contributed by atoms with E-state index in [1.807, 2.05) is 25.1 Å². The molecule has 0 radical (unpaired) electrons. The van der Waals surface area contributed by atoms with Gasteiger partial charge in [0.15, 0.2) is 0 Å². The van der Waals surface area contributed by atoms with Gasteiger partial charge in [-0.25, -0.2) is 13.1 Å². The molecule has 1 aromatic heterocycles. The quantitative estimate of drug-likeness (QED) is 0.599. The van der Waals surface area contributed by atoms with E-state index in [9.17, 15) is 13.2 Å². The fourth-order valence-electron chi connectivity index (χ4n) is 3.54. The van der Waals surface area contributed by atoms with Gasteiger partial charge < -0.3 is 13.9 Å². The van der Waals surface area contributed by atoms with Gasteiger partial charge in [-0.2, -0.15) is 0 Å². The molecule has 2 heterocycles. The van der Waals surface area contributed by atoms with E-state index in [0.717, 1.165) is 5.76 Å². The summed E-state index contributed by atoms with van der Waals surface area (Å²) >= 11 is 0. The second-order valence-corrected chi connectivity index (χ2v) is 9.08. The van der Waals surface area contributed by atoms with Crippen LogP contribution in [0, 0.1) is 6.92 Å². The van der Waals surface area contributed by atoms with Crippen molar-refractivity contribution in [3.05, 3.63) is 59.5 Å². The molecule has 1 fully saturated rings. The maximum absolute atomic E-state index is 12.9. The molecule has 8 nitrogen and oxygen atoms in total. The maximum Gasteiger partial charge on any atom is 0.314 e. The average molecular weight is 437 g/mol. The standard InChI is InChI=1S/C21H28N2O6S/c1-16-8-9-20(29-16)19(23-10-12-28-13-11-23)14-22-30(25,26)15-18(21(24)27-2)17-6-4-3-5-7-17/h3-9,18-19,22H,10-15H2,1-2H3/t18-,19+/m1/s1. The molecule has 1 aliphatic heterocycles. The van der Waals surface area contributed by atoms with Crippen molar-refractivity contribution in [3.8, 4) is 0 Å². The van der Waals surface area contributed by atoms with Gasteiger partial charge in [-0.15, -0.1) is 0 Å². The number of benzene rings is 1. The highest BCUT2D eigenvalue weighted by atomic mass is 32.2. The van der Waals surface area contributed by atoms with E-state index in [0.29, 0.717) is 37.6 Å². The first-order chi connectivity index (χ1) is 14.4. The Kier molecular flexibility index (Phi) is 7.65. The van der Waals surface area contributed by atoms with Crippen LogP contribution in [0.2, 0.25) is 0 Å². The zero-order chi connectivity index (χ0) is 21.6. The van der Waals surface area contributed by atoms with Gasteiger partial charge >= 0.3 is 5.97 Å². The number of morpholine rings is 1. The number of carbonyl (C=O) groups excluding carboxylic acids is 1. The van der Waals surface area contributed by atoms with Crippen LogP contribution in [0.5, 0.6) is 0 Å². The number of nitrogens with zero attached hydrogens (tertiary/aromatic N) is 1. The number of aryl methyl sites for hydroxylation is 1. The SMILES string of the molecule is COC(=O)[C@H](CS(=O)(=O)NC[C@@H](c1ccc(C)o1)N1CCOCC1)c1ccccc1. The number of ether oxygens (including phenoxy) is 2. The molecule has 30 heavy (non-hydrogen) atoms. The van der Waals surface area contributed by atoms with Gasteiger partial charge in [-0.05, 0) is 24.6 Å². The Labute approximate surface area is 177 Å². The molecule has 0 spiro atoms. The third-order valence-electron chi connectivity index (χ3n) is 5.15. The van der Waals surface area contributed by atoms with E-state index < -0.39 is 27.7 Å². The summed E-state index contributed by atoms with van der Waals surface area (Å²) in [7, 11) is -2.51. The predicted octanol–water partition coefficient (Wildman–Crippen LogP) is 1.84. The molecule has 1 saturated heterocycles. The zero-order valence-electron chi connectivity index (χ0n) is 17.2. The van der Waals surface area contributed by atoms with E-state index in [-0.39, 0.29) is 12.6 Å². The molecule has 0 bridgehead atoms. The molecular weight excluding hydrogens is 408 g/mol. The summed E-state index contributed by atoms with van der Waals surface area (Å²) in [6.07, 6.45) is 0. The lowest BCUT2D eigenvalue weighted by atomic mass is 10.0. The fourth-order valence-corrected chi connectivity index (χ4v) is 4.84. The van der Waals surface area contributed by atoms with Crippen molar-refractivity contribution in [1.29, 1.82) is 0 Å². The van der Waals surface area contributed by atoms with Gasteiger partial charge in [0.2, 0.25) is 10.0 Å². The van der Waals surface area contributed by atoms with Crippen molar-refractivity contribution >= 4 is 16.0 Å². The number of rotatable bonds is 9. The van der Waals surface area contributed by atoms with Gasteiger partial charge in [0.1, 0.15) is 11.5 Å². The van der Waals surface area contributed by atoms with E-state index in [1.165, 1.54) is 7.11 Å². The van der Waals surface area contributed by atoms with Crippen molar-refractivity contribution in [3.63, 3.8) is 0 Å². The van der Waals surface area contributed by atoms with Gasteiger partial charge in [-0.1, -0.05) is 30.3 Å². The average Bonchev–Trinajstić information content (AvgIpc) is 3.19. The topological polar surface area (TPSA) is 98.1 Å². The summed E-state index contributed by atoms with van der Waals surface area (Å²) in [6, 6.07) is 12.2. The van der Waals surface area contributed by atoms with Gasteiger partial charge in [-0.3, -0.25) is 9.69 Å². The van der Waals surface area contributed by atoms with Gasteiger partial charge in [0.05, 0.1) is 38.0 Å². The Morgan fingerprint density at radius 1 is 1.17 bits per heavy atom. The Balaban J connectivity index is 1.73. The van der Waals surface area contributed by atoms with Crippen LogP contribution in [0.15, 0.2) is 46.9 Å². The van der Waals surface area contributed by atoms with Crippen LogP contribution < -0.4 is 4.72 Å². The Bertz CT molecular complexity index is 922. The van der Waals surface area contributed by atoms with Crippen LogP contribution in [-0.2, 0) is 24.3 Å². The molecule has 0 aliphatic carbocycles. The molecule has 1 N–H and O–H groups in total. The van der Waals surface area contributed by atoms with Crippen LogP contribution in [0.25, 0.3) is 0 Å². The second kappa shape index (κ2) is 10.2. The van der Waals surface area contributed by atoms with Crippen LogP contribution >= 0.6 is 0 Å². The van der Waals surface area contributed by atoms with Crippen molar-refractivity contribution in [2.45, 2.75) is 18.9 Å². The fraction of sp³-hybridized carbons (Fsp3) is 0.476. The van der Waals surface area contributed by atoms with E-state index in [1.54, 1.807) is 24.3 Å². The lowest BCUT2D eigenvalue weighted by molar-refractivity contribution is -0.141. The highest BCUT2D eigenvalue weighted by Crippen LogP contribution is 2.24. The summed E-state index contributed by atoms with van der Waals surface area (Å²) in [4.78, 5) is 14.4. The highest BCUT2D eigenvalue weighted by molar-refractivity contribution is 7.89. The van der Waals surface area contributed by atoms with Crippen LogP contribution in [-0.4, -0.2) is 65.0 Å². The minimum Gasteiger partial charge on any atom is -0.469 e. The molecule has 0 unspecified atom stereocenters. The number of methoxy groups -OCH3 is 1. The van der Waals surface area contributed by atoms with Crippen molar-refractivity contribution in [2.24, 2.45) is 0 Å². The number of nitrogens with one attached hydrogen (secondary N) is 1. The van der Waals surface area contributed by atoms with Crippen molar-refractivity contribution in [1.82, 2.24) is 9.62 Å². The molecule has 3 rings (SSSR count). The summed E-state index contributed by atoms with van der Waals surface area (Å²) in [5, 5.41) is 0. The van der Waals surface area contributed by atoms with Crippen LogP contribution in [0.1, 0.15) is 29.0 Å². The monoisotopic (exact) mass is 436 g/mol. The van der Waals surface area contributed by atoms with Crippen molar-refractivity contribution in [2.75, 3.05) is 45.7 Å². The molecule has 164 valence electrons. The molecule has 1 aliphatic rings. The lowest BCUT2D eigenvalue weighted by Crippen LogP contribution is -2.44. The Morgan fingerprint density at radius 2 is 1.87 bits per heavy atom. The number of sulfonamides is 1. The number of esters is 1. The number of carbonyl (C=O) groups is 1. The summed E-state index contributed by atoms with van der Waals surface area (Å²) in [5.41, 5.74) is 0.598. The van der Waals surface area contributed by atoms with Gasteiger partial charge in [0, 0.05) is 19.6 Å². The maximum atomic E-state index is 12.9. The Morgan fingerprint density at radius 3 is 2.47 bits per heavy atom. The van der Waals surface area contributed by atoms with Crippen molar-refractivity contribution < 1.29 is 27.1 Å². The highest BCUT2D eigenvalue weighted by Gasteiger charge is 2.30. The molecule has 2 atom stereocenters. The number of hydrogen-bond donors (Lipinski definition) is 1. The summed E-state index contributed by atoms with van der Waals surface area (Å²) in [6.45, 7) is 4.52. The number of hydrogen-bond acceptors (Lipinski definition) is 7. The normalized spacial score (nSPS) is 17.4. The van der Waals surface area contributed by atoms with E-state index >= 15 is 0 Å². The largest absolute Gasteiger partial charge is 0.469 e. The molecule has 0 amide bonds. The molecule has 1 aromatic carbocycles. The van der Waals surface area contributed by atoms with E-state index in [2.05, 4.69) is 9.62 Å². The molecular formula is C21H28N2O6S. The minimum absolute atomic E-state index is 0.137. The van der Waals surface area contributed by atoms with Crippen LogP contribution in [0.3, 0.4) is 0 Å². The summed E-state index contributed by atoms with van der Waals surface area (Å²) in [5.74, 6) is -0.415. The Hall–Kier alpha value is -2.20. The molecule has 9 heteroatoms. The molecule has 2 aromatic rings. The zero-order valence-corrected chi connectivity index (χ0v) is 18.1. The first-order valence-electron chi connectivity index (χ1n) is 9.88. The third-order valence-corrected chi connectivity index (χ3v) is 6.53. The van der Waals surface area contributed by atoms with E-state index in [4.69, 9.17) is 13.9 Å². The first-order valence-corrected chi connectivity index (χ1v) is 11.5. The summed E-state index contributed by atoms with van der Waals surface area (Å²) < 4.78 is 44.4. The minimum atomic E-state index is -3.77. The predicted molar refractivity (Wildman–Crippen MR) is 112 cm³/mol. The van der Waals surface area contributed by atoms with Gasteiger partial charge in [0.25, 0.3) is 0 Å². The van der Waals surface area contributed by atoms with Crippen LogP contribution in [0.4, 0.5) is 0 Å². The first kappa shape index (κ1) is 22.5. The second-order valence-electron chi connectivity index (χ2n) is 7.23.